The zero-order chi connectivity index (χ0) is 19.8. The number of benzene rings is 1. The number of carbonyl (C=O) groups excluding carboxylic acids is 2. The van der Waals surface area contributed by atoms with Crippen LogP contribution in [-0.2, 0) is 9.53 Å². The first-order valence-corrected chi connectivity index (χ1v) is 9.90. The quantitative estimate of drug-likeness (QED) is 0.709. The molecule has 148 valence electrons. The van der Waals surface area contributed by atoms with E-state index in [0.29, 0.717) is 11.4 Å². The van der Waals surface area contributed by atoms with Gasteiger partial charge in [-0.3, -0.25) is 4.79 Å². The van der Waals surface area contributed by atoms with Crippen molar-refractivity contribution in [1.82, 2.24) is 10.3 Å². The maximum atomic E-state index is 12.5. The first-order chi connectivity index (χ1) is 13.7. The summed E-state index contributed by atoms with van der Waals surface area (Å²) in [7, 11) is 0. The predicted octanol–water partition coefficient (Wildman–Crippen LogP) is 3.50. The van der Waals surface area contributed by atoms with Crippen LogP contribution in [0, 0.1) is 0 Å². The lowest BCUT2D eigenvalue weighted by molar-refractivity contribution is -0.125. The lowest BCUT2D eigenvalue weighted by Gasteiger charge is -2.20. The average molecular weight is 381 g/mol. The van der Waals surface area contributed by atoms with E-state index >= 15 is 0 Å². The molecule has 6 heteroatoms. The highest BCUT2D eigenvalue weighted by molar-refractivity contribution is 5.96. The summed E-state index contributed by atoms with van der Waals surface area (Å²) in [5.74, 6) is -0.183. The molecule has 1 fully saturated rings. The molecule has 0 spiro atoms. The molecule has 2 aromatic rings. The molecule has 0 saturated carbocycles. The molecular formula is C22H27N3O3. The second-order valence-electron chi connectivity index (χ2n) is 6.96. The molecule has 28 heavy (non-hydrogen) atoms. The van der Waals surface area contributed by atoms with Gasteiger partial charge in [0.15, 0.2) is 6.61 Å². The number of nitrogens with one attached hydrogen (secondary N) is 1. The van der Waals surface area contributed by atoms with Gasteiger partial charge >= 0.3 is 5.97 Å². The molecule has 0 unspecified atom stereocenters. The summed E-state index contributed by atoms with van der Waals surface area (Å²) < 4.78 is 5.29. The Morgan fingerprint density at radius 2 is 1.89 bits per heavy atom. The van der Waals surface area contributed by atoms with Gasteiger partial charge in [-0.2, -0.15) is 0 Å². The molecule has 2 heterocycles. The van der Waals surface area contributed by atoms with Crippen LogP contribution < -0.4 is 10.2 Å². The topological polar surface area (TPSA) is 71.5 Å². The van der Waals surface area contributed by atoms with Crippen molar-refractivity contribution in [2.45, 2.75) is 38.6 Å². The van der Waals surface area contributed by atoms with E-state index in [1.54, 1.807) is 18.3 Å². The Morgan fingerprint density at radius 3 is 2.61 bits per heavy atom. The average Bonchev–Trinajstić information content (AvgIpc) is 3.27. The second kappa shape index (κ2) is 9.88. The first kappa shape index (κ1) is 19.9. The third kappa shape index (κ3) is 5.09. The number of aromatic nitrogens is 1. The SMILES string of the molecule is CCC[C@H](NC(=O)COC(=O)c1cccnc1N1CCCC1)c1ccccc1. The molecular weight excluding hydrogens is 354 g/mol. The number of carbonyl (C=O) groups is 2. The molecule has 6 nitrogen and oxygen atoms in total. The number of rotatable bonds is 8. The first-order valence-electron chi connectivity index (χ1n) is 9.90. The Kier molecular flexibility index (Phi) is 7.00. The largest absolute Gasteiger partial charge is 0.452 e. The zero-order valence-corrected chi connectivity index (χ0v) is 16.3. The monoisotopic (exact) mass is 381 g/mol. The predicted molar refractivity (Wildman–Crippen MR) is 108 cm³/mol. The number of amides is 1. The van der Waals surface area contributed by atoms with Crippen molar-refractivity contribution in [1.29, 1.82) is 0 Å². The molecule has 1 aromatic carbocycles. The number of hydrogen-bond donors (Lipinski definition) is 1. The van der Waals surface area contributed by atoms with Crippen LogP contribution in [-0.4, -0.2) is 36.6 Å². The van der Waals surface area contributed by atoms with Crippen LogP contribution in [0.15, 0.2) is 48.7 Å². The number of hydrogen-bond acceptors (Lipinski definition) is 5. The van der Waals surface area contributed by atoms with Gasteiger partial charge in [0.1, 0.15) is 11.4 Å². The normalized spacial score (nSPS) is 14.5. The van der Waals surface area contributed by atoms with Crippen LogP contribution in [0.3, 0.4) is 0 Å². The van der Waals surface area contributed by atoms with Crippen LogP contribution in [0.2, 0.25) is 0 Å². The standard InChI is InChI=1S/C22H27N3O3/c1-2-9-19(17-10-4-3-5-11-17)24-20(26)16-28-22(27)18-12-8-13-23-21(18)25-14-6-7-15-25/h3-5,8,10-13,19H,2,6-7,9,14-16H2,1H3,(H,24,26)/t19-/m0/s1. The van der Waals surface area contributed by atoms with Gasteiger partial charge in [0, 0.05) is 19.3 Å². The van der Waals surface area contributed by atoms with Gasteiger partial charge in [-0.05, 0) is 37.0 Å². The number of esters is 1. The van der Waals surface area contributed by atoms with Crippen molar-refractivity contribution in [3.8, 4) is 0 Å². The summed E-state index contributed by atoms with van der Waals surface area (Å²) >= 11 is 0. The van der Waals surface area contributed by atoms with Crippen LogP contribution in [0.5, 0.6) is 0 Å². The molecule has 0 radical (unpaired) electrons. The van der Waals surface area contributed by atoms with Gasteiger partial charge in [-0.15, -0.1) is 0 Å². The number of pyridine rings is 1. The smallest absolute Gasteiger partial charge is 0.342 e. The Bertz CT molecular complexity index is 789. The molecule has 1 aromatic heterocycles. The highest BCUT2D eigenvalue weighted by Crippen LogP contribution is 2.22. The number of ether oxygens (including phenoxy) is 1. The van der Waals surface area contributed by atoms with Crippen LogP contribution in [0.1, 0.15) is 54.6 Å². The Morgan fingerprint density at radius 1 is 1.14 bits per heavy atom. The zero-order valence-electron chi connectivity index (χ0n) is 16.3. The third-order valence-corrected chi connectivity index (χ3v) is 4.86. The molecule has 1 aliphatic rings. The fourth-order valence-corrected chi connectivity index (χ4v) is 3.48. The maximum absolute atomic E-state index is 12.5. The summed E-state index contributed by atoms with van der Waals surface area (Å²) in [6.45, 7) is 3.53. The van der Waals surface area contributed by atoms with Crippen molar-refractivity contribution >= 4 is 17.7 Å². The molecule has 0 bridgehead atoms. The minimum absolute atomic E-state index is 0.0871. The fourth-order valence-electron chi connectivity index (χ4n) is 3.48. The number of nitrogens with zero attached hydrogens (tertiary/aromatic N) is 2. The van der Waals surface area contributed by atoms with E-state index in [1.807, 2.05) is 30.3 Å². The van der Waals surface area contributed by atoms with Crippen LogP contribution in [0.4, 0.5) is 5.82 Å². The molecule has 3 rings (SSSR count). The Labute approximate surface area is 165 Å². The minimum Gasteiger partial charge on any atom is -0.452 e. The highest BCUT2D eigenvalue weighted by atomic mass is 16.5. The molecule has 0 aliphatic carbocycles. The van der Waals surface area contributed by atoms with Gasteiger partial charge in [-0.1, -0.05) is 43.7 Å². The van der Waals surface area contributed by atoms with E-state index in [2.05, 4.69) is 22.1 Å². The van der Waals surface area contributed by atoms with Crippen molar-refractivity contribution in [2.24, 2.45) is 0 Å². The number of anilines is 1. The summed E-state index contributed by atoms with van der Waals surface area (Å²) in [4.78, 5) is 31.3. The lowest BCUT2D eigenvalue weighted by Crippen LogP contribution is -2.32. The summed E-state index contributed by atoms with van der Waals surface area (Å²) in [5.41, 5.74) is 1.46. The van der Waals surface area contributed by atoms with Crippen molar-refractivity contribution in [3.05, 3.63) is 59.8 Å². The summed E-state index contributed by atoms with van der Waals surface area (Å²) in [5, 5.41) is 2.97. The highest BCUT2D eigenvalue weighted by Gasteiger charge is 2.22. The maximum Gasteiger partial charge on any atom is 0.342 e. The van der Waals surface area contributed by atoms with E-state index < -0.39 is 5.97 Å². The molecule has 1 aliphatic heterocycles. The van der Waals surface area contributed by atoms with Crippen molar-refractivity contribution in [2.75, 3.05) is 24.6 Å². The molecule has 1 atom stereocenters. The summed E-state index contributed by atoms with van der Waals surface area (Å²) in [6, 6.07) is 13.2. The van der Waals surface area contributed by atoms with Crippen LogP contribution in [0.25, 0.3) is 0 Å². The third-order valence-electron chi connectivity index (χ3n) is 4.86. The lowest BCUT2D eigenvalue weighted by atomic mass is 10.0. The Balaban J connectivity index is 1.59. The van der Waals surface area contributed by atoms with Gasteiger partial charge in [0.2, 0.25) is 0 Å². The van der Waals surface area contributed by atoms with E-state index in [-0.39, 0.29) is 18.6 Å². The molecule has 1 N–H and O–H groups in total. The van der Waals surface area contributed by atoms with Gasteiger partial charge < -0.3 is 15.0 Å². The van der Waals surface area contributed by atoms with E-state index in [9.17, 15) is 9.59 Å². The molecule has 1 saturated heterocycles. The van der Waals surface area contributed by atoms with Gasteiger partial charge in [-0.25, -0.2) is 9.78 Å². The van der Waals surface area contributed by atoms with E-state index in [0.717, 1.165) is 44.3 Å². The van der Waals surface area contributed by atoms with Gasteiger partial charge in [0.05, 0.1) is 6.04 Å². The second-order valence-corrected chi connectivity index (χ2v) is 6.96. The van der Waals surface area contributed by atoms with Crippen LogP contribution >= 0.6 is 0 Å². The van der Waals surface area contributed by atoms with Gasteiger partial charge in [0.25, 0.3) is 5.91 Å². The van der Waals surface area contributed by atoms with E-state index in [1.165, 1.54) is 0 Å². The van der Waals surface area contributed by atoms with Crippen molar-refractivity contribution < 1.29 is 14.3 Å². The minimum atomic E-state index is -0.517. The fraction of sp³-hybridized carbons (Fsp3) is 0.409. The molecule has 1 amide bonds. The van der Waals surface area contributed by atoms with Crippen molar-refractivity contribution in [3.63, 3.8) is 0 Å². The summed E-state index contributed by atoms with van der Waals surface area (Å²) in [6.07, 6.45) is 5.61. The van der Waals surface area contributed by atoms with E-state index in [4.69, 9.17) is 4.74 Å². The Hall–Kier alpha value is -2.89.